The topological polar surface area (TPSA) is 87.7 Å². The van der Waals surface area contributed by atoms with Gasteiger partial charge in [0.05, 0.1) is 11.5 Å². The van der Waals surface area contributed by atoms with Crippen molar-refractivity contribution >= 4 is 28.3 Å². The normalized spacial score (nSPS) is 11.1. The lowest BCUT2D eigenvalue weighted by Gasteiger charge is -2.11. The molecule has 1 aromatic carbocycles. The summed E-state index contributed by atoms with van der Waals surface area (Å²) in [7, 11) is 1.09. The number of methoxy groups -OCH3 is 1. The van der Waals surface area contributed by atoms with Crippen molar-refractivity contribution in [3.8, 4) is 0 Å². The van der Waals surface area contributed by atoms with Crippen molar-refractivity contribution in [2.24, 2.45) is 0 Å². The van der Waals surface area contributed by atoms with E-state index in [0.29, 0.717) is 25.3 Å². The molecule has 0 radical (unpaired) electrons. The van der Waals surface area contributed by atoms with Crippen LogP contribution in [-0.4, -0.2) is 66.1 Å². The molecule has 23 heavy (non-hydrogen) atoms. The molecule has 1 aromatic rings. The Morgan fingerprint density at radius 1 is 1.13 bits per heavy atom. The van der Waals surface area contributed by atoms with Crippen molar-refractivity contribution in [1.82, 2.24) is 14.9 Å². The average Bonchev–Trinajstić information content (AvgIpc) is 2.50. The lowest BCUT2D eigenvalue weighted by atomic mass is 10.2. The zero-order chi connectivity index (χ0) is 16.6. The van der Waals surface area contributed by atoms with Crippen LogP contribution in [0.5, 0.6) is 0 Å². The summed E-state index contributed by atoms with van der Waals surface area (Å²) in [6.07, 6.45) is 0. The van der Waals surface area contributed by atoms with Crippen LogP contribution in [0, 0.1) is 0 Å². The number of hydrogen-bond donors (Lipinski definition) is 2. The van der Waals surface area contributed by atoms with E-state index in [-0.39, 0.29) is 23.2 Å². The van der Waals surface area contributed by atoms with Crippen LogP contribution in [0.15, 0.2) is 29.2 Å². The van der Waals surface area contributed by atoms with E-state index in [4.69, 9.17) is 4.74 Å². The first kappa shape index (κ1) is 21.8. The summed E-state index contributed by atoms with van der Waals surface area (Å²) in [5.41, 5.74) is 0.426. The number of carbonyl (C=O) groups is 1. The van der Waals surface area contributed by atoms with Crippen LogP contribution in [0.3, 0.4) is 0 Å². The van der Waals surface area contributed by atoms with Gasteiger partial charge >= 0.3 is 0 Å². The molecule has 0 aliphatic heterocycles. The summed E-state index contributed by atoms with van der Waals surface area (Å²) >= 11 is 0. The van der Waals surface area contributed by atoms with Gasteiger partial charge < -0.3 is 15.4 Å². The number of hydrogen-bond acceptors (Lipinski definition) is 5. The number of sulfonamides is 1. The number of ether oxygens (including phenoxy) is 1. The third kappa shape index (κ3) is 6.84. The standard InChI is InChI=1S/C14H23N3O4S.ClH/c1-17(2)22(19,20)13-6-4-12(5-7-13)14(18)16-9-8-15-10-11-21-3;/h4-7,15H,8-11H2,1-3H3,(H,16,18);1H. The molecule has 2 N–H and O–H groups in total. The minimum Gasteiger partial charge on any atom is -0.383 e. The molecule has 0 aliphatic carbocycles. The molecule has 0 atom stereocenters. The quantitative estimate of drug-likeness (QED) is 0.615. The van der Waals surface area contributed by atoms with Gasteiger partial charge in [-0.15, -0.1) is 12.4 Å². The molecule has 0 aromatic heterocycles. The first-order chi connectivity index (χ1) is 10.4. The number of rotatable bonds is 9. The number of nitrogens with one attached hydrogen (secondary N) is 2. The minimum atomic E-state index is -3.47. The zero-order valence-corrected chi connectivity index (χ0v) is 15.2. The monoisotopic (exact) mass is 365 g/mol. The van der Waals surface area contributed by atoms with Crippen LogP contribution in [0.1, 0.15) is 10.4 Å². The number of amides is 1. The highest BCUT2D eigenvalue weighted by molar-refractivity contribution is 7.89. The largest absolute Gasteiger partial charge is 0.383 e. The van der Waals surface area contributed by atoms with Gasteiger partial charge in [0.15, 0.2) is 0 Å². The number of carbonyl (C=O) groups excluding carboxylic acids is 1. The molecule has 0 bridgehead atoms. The van der Waals surface area contributed by atoms with Crippen molar-refractivity contribution in [1.29, 1.82) is 0 Å². The lowest BCUT2D eigenvalue weighted by molar-refractivity contribution is 0.0953. The Morgan fingerprint density at radius 2 is 1.74 bits per heavy atom. The first-order valence-corrected chi connectivity index (χ1v) is 8.34. The Morgan fingerprint density at radius 3 is 2.26 bits per heavy atom. The van der Waals surface area contributed by atoms with E-state index >= 15 is 0 Å². The van der Waals surface area contributed by atoms with E-state index in [0.717, 1.165) is 10.8 Å². The SMILES string of the molecule is COCCNCCNC(=O)c1ccc(S(=O)(=O)N(C)C)cc1.Cl. The van der Waals surface area contributed by atoms with E-state index in [1.165, 1.54) is 38.4 Å². The Balaban J connectivity index is 0.00000484. The van der Waals surface area contributed by atoms with Gasteiger partial charge in [-0.3, -0.25) is 4.79 Å². The first-order valence-electron chi connectivity index (χ1n) is 6.90. The fraction of sp³-hybridized carbons (Fsp3) is 0.500. The number of nitrogens with zero attached hydrogens (tertiary/aromatic N) is 1. The highest BCUT2D eigenvalue weighted by atomic mass is 35.5. The van der Waals surface area contributed by atoms with Crippen molar-refractivity contribution in [2.75, 3.05) is 47.4 Å². The smallest absolute Gasteiger partial charge is 0.251 e. The fourth-order valence-corrected chi connectivity index (χ4v) is 2.56. The molecule has 0 aliphatic rings. The Bertz CT molecular complexity index is 576. The average molecular weight is 366 g/mol. The maximum absolute atomic E-state index is 11.9. The molecule has 1 amide bonds. The van der Waals surface area contributed by atoms with Crippen molar-refractivity contribution in [2.45, 2.75) is 4.90 Å². The predicted molar refractivity (Wildman–Crippen MR) is 91.6 cm³/mol. The highest BCUT2D eigenvalue weighted by Gasteiger charge is 2.17. The van der Waals surface area contributed by atoms with Gasteiger partial charge in [-0.2, -0.15) is 0 Å². The van der Waals surface area contributed by atoms with E-state index in [2.05, 4.69) is 10.6 Å². The molecule has 9 heteroatoms. The molecule has 0 saturated heterocycles. The molecule has 132 valence electrons. The van der Waals surface area contributed by atoms with Gasteiger partial charge in [-0.25, -0.2) is 12.7 Å². The van der Waals surface area contributed by atoms with Crippen LogP contribution in [0.4, 0.5) is 0 Å². The number of halogens is 1. The van der Waals surface area contributed by atoms with Crippen LogP contribution >= 0.6 is 12.4 Å². The molecule has 0 heterocycles. The summed E-state index contributed by atoms with van der Waals surface area (Å²) in [5.74, 6) is -0.234. The molecule has 0 unspecified atom stereocenters. The Hall–Kier alpha value is -1.19. The maximum atomic E-state index is 11.9. The molecule has 1 rings (SSSR count). The fourth-order valence-electron chi connectivity index (χ4n) is 1.65. The van der Waals surface area contributed by atoms with Gasteiger partial charge in [0, 0.05) is 46.4 Å². The summed E-state index contributed by atoms with van der Waals surface area (Å²) in [5, 5.41) is 5.86. The third-order valence-electron chi connectivity index (χ3n) is 2.97. The highest BCUT2D eigenvalue weighted by Crippen LogP contribution is 2.13. The summed E-state index contributed by atoms with van der Waals surface area (Å²) in [6.45, 7) is 2.47. The molecule has 0 saturated carbocycles. The third-order valence-corrected chi connectivity index (χ3v) is 4.79. The minimum absolute atomic E-state index is 0. The summed E-state index contributed by atoms with van der Waals surface area (Å²) in [6, 6.07) is 5.87. The van der Waals surface area contributed by atoms with Crippen LogP contribution < -0.4 is 10.6 Å². The predicted octanol–water partition coefficient (Wildman–Crippen LogP) is 0.325. The van der Waals surface area contributed by atoms with Crippen molar-refractivity contribution in [3.63, 3.8) is 0 Å². The second-order valence-corrected chi connectivity index (χ2v) is 6.96. The van der Waals surface area contributed by atoms with Gasteiger partial charge in [-0.1, -0.05) is 0 Å². The van der Waals surface area contributed by atoms with Crippen LogP contribution in [0.25, 0.3) is 0 Å². The molecule has 0 fully saturated rings. The number of benzene rings is 1. The van der Waals surface area contributed by atoms with Crippen molar-refractivity contribution in [3.05, 3.63) is 29.8 Å². The summed E-state index contributed by atoms with van der Waals surface area (Å²) in [4.78, 5) is 12.1. The second kappa shape index (κ2) is 10.6. The van der Waals surface area contributed by atoms with Gasteiger partial charge in [0.1, 0.15) is 0 Å². The molecular weight excluding hydrogens is 342 g/mol. The summed E-state index contributed by atoms with van der Waals surface area (Å²) < 4.78 is 29.9. The molecule has 0 spiro atoms. The van der Waals surface area contributed by atoms with Crippen LogP contribution in [-0.2, 0) is 14.8 Å². The second-order valence-electron chi connectivity index (χ2n) is 4.81. The van der Waals surface area contributed by atoms with E-state index in [1.54, 1.807) is 7.11 Å². The van der Waals surface area contributed by atoms with Gasteiger partial charge in [0.2, 0.25) is 10.0 Å². The molecule has 7 nitrogen and oxygen atoms in total. The van der Waals surface area contributed by atoms with Crippen molar-refractivity contribution < 1.29 is 17.9 Å². The van der Waals surface area contributed by atoms with Gasteiger partial charge in [0.25, 0.3) is 5.91 Å². The Kier molecular flexibility index (Phi) is 10.0. The van der Waals surface area contributed by atoms with Gasteiger partial charge in [-0.05, 0) is 24.3 Å². The van der Waals surface area contributed by atoms with Crippen LogP contribution in [0.2, 0.25) is 0 Å². The van der Waals surface area contributed by atoms with E-state index < -0.39 is 10.0 Å². The van der Waals surface area contributed by atoms with E-state index in [1.807, 2.05) is 0 Å². The molecular formula is C14H24ClN3O4S. The Labute approximate surface area is 143 Å². The zero-order valence-electron chi connectivity index (χ0n) is 13.5. The maximum Gasteiger partial charge on any atom is 0.251 e. The lowest BCUT2D eigenvalue weighted by Crippen LogP contribution is -2.33. The van der Waals surface area contributed by atoms with E-state index in [9.17, 15) is 13.2 Å².